The summed E-state index contributed by atoms with van der Waals surface area (Å²) in [5, 5.41) is 3.37. The molecule has 1 aliphatic carbocycles. The van der Waals surface area contributed by atoms with Crippen molar-refractivity contribution in [2.24, 2.45) is 0 Å². The summed E-state index contributed by atoms with van der Waals surface area (Å²) in [7, 11) is 2.19. The molecule has 0 aromatic carbocycles. The number of nitrogens with one attached hydrogen (secondary N) is 1. The van der Waals surface area contributed by atoms with Crippen LogP contribution in [0.3, 0.4) is 0 Å². The van der Waals surface area contributed by atoms with E-state index < -0.39 is 0 Å². The lowest BCUT2D eigenvalue weighted by Gasteiger charge is -2.28. The summed E-state index contributed by atoms with van der Waals surface area (Å²) in [4.78, 5) is 11.3. The average molecular weight is 262 g/mol. The standard InChI is InChI=1S/C15H26N4/c1-4-8-13-14(16-5-2)17-11-18-15(13)19(3)12-9-6-7-10-12/h11-12H,4-10H2,1-3H3,(H,16,17,18). The number of aromatic nitrogens is 2. The van der Waals surface area contributed by atoms with Crippen molar-refractivity contribution in [1.29, 1.82) is 0 Å². The predicted octanol–water partition coefficient (Wildman–Crippen LogP) is 3.24. The molecule has 1 aliphatic rings. The maximum atomic E-state index is 4.56. The van der Waals surface area contributed by atoms with Gasteiger partial charge in [0, 0.05) is 25.2 Å². The normalized spacial score (nSPS) is 15.7. The average Bonchev–Trinajstić information content (AvgIpc) is 2.94. The fourth-order valence-electron chi connectivity index (χ4n) is 2.97. The molecule has 1 aromatic rings. The van der Waals surface area contributed by atoms with E-state index in [0.717, 1.165) is 31.0 Å². The molecular weight excluding hydrogens is 236 g/mol. The molecule has 1 N–H and O–H groups in total. The van der Waals surface area contributed by atoms with E-state index in [4.69, 9.17) is 0 Å². The number of rotatable bonds is 6. The minimum absolute atomic E-state index is 0.653. The molecule has 1 aromatic heterocycles. The van der Waals surface area contributed by atoms with Gasteiger partial charge in [0.05, 0.1) is 0 Å². The summed E-state index contributed by atoms with van der Waals surface area (Å²) in [5.74, 6) is 2.14. The van der Waals surface area contributed by atoms with E-state index in [1.54, 1.807) is 6.33 Å². The van der Waals surface area contributed by atoms with Crippen LogP contribution in [-0.2, 0) is 6.42 Å². The molecule has 0 saturated heterocycles. The number of nitrogens with zero attached hydrogens (tertiary/aromatic N) is 3. The lowest BCUT2D eigenvalue weighted by molar-refractivity contribution is 0.641. The molecule has 1 fully saturated rings. The summed E-state index contributed by atoms with van der Waals surface area (Å²) in [5.41, 5.74) is 1.28. The molecule has 0 radical (unpaired) electrons. The molecule has 106 valence electrons. The van der Waals surface area contributed by atoms with Crippen molar-refractivity contribution in [3.63, 3.8) is 0 Å². The molecular formula is C15H26N4. The van der Waals surface area contributed by atoms with Crippen molar-refractivity contribution in [1.82, 2.24) is 9.97 Å². The van der Waals surface area contributed by atoms with Gasteiger partial charge in [0.15, 0.2) is 0 Å². The Morgan fingerprint density at radius 1 is 1.26 bits per heavy atom. The molecule has 1 heterocycles. The summed E-state index contributed by atoms with van der Waals surface area (Å²) >= 11 is 0. The molecule has 0 bridgehead atoms. The quantitative estimate of drug-likeness (QED) is 0.854. The molecule has 0 aliphatic heterocycles. The van der Waals surface area contributed by atoms with Crippen LogP contribution < -0.4 is 10.2 Å². The third kappa shape index (κ3) is 3.17. The van der Waals surface area contributed by atoms with Gasteiger partial charge < -0.3 is 10.2 Å². The number of hydrogen-bond donors (Lipinski definition) is 1. The van der Waals surface area contributed by atoms with Gasteiger partial charge in [-0.2, -0.15) is 0 Å². The zero-order valence-corrected chi connectivity index (χ0v) is 12.4. The first-order valence-corrected chi connectivity index (χ1v) is 7.58. The molecule has 0 spiro atoms. The Kier molecular flexibility index (Phi) is 5.00. The second kappa shape index (κ2) is 6.73. The SMILES string of the molecule is CCCc1c(NCC)ncnc1N(C)C1CCCC1. The van der Waals surface area contributed by atoms with Gasteiger partial charge in [-0.1, -0.05) is 26.2 Å². The second-order valence-electron chi connectivity index (χ2n) is 5.35. The summed E-state index contributed by atoms with van der Waals surface area (Å²) in [6, 6.07) is 0.653. The van der Waals surface area contributed by atoms with E-state index in [-0.39, 0.29) is 0 Å². The molecule has 19 heavy (non-hydrogen) atoms. The second-order valence-corrected chi connectivity index (χ2v) is 5.35. The van der Waals surface area contributed by atoms with Gasteiger partial charge in [-0.25, -0.2) is 9.97 Å². The Hall–Kier alpha value is -1.32. The first kappa shape index (κ1) is 14.1. The van der Waals surface area contributed by atoms with Crippen molar-refractivity contribution in [3.05, 3.63) is 11.9 Å². The first-order valence-electron chi connectivity index (χ1n) is 7.58. The third-order valence-electron chi connectivity index (χ3n) is 3.97. The summed E-state index contributed by atoms with van der Waals surface area (Å²) in [6.45, 7) is 5.22. The van der Waals surface area contributed by atoms with Crippen LogP contribution in [0.4, 0.5) is 11.6 Å². The molecule has 1 saturated carbocycles. The van der Waals surface area contributed by atoms with E-state index in [0.29, 0.717) is 6.04 Å². The maximum Gasteiger partial charge on any atom is 0.137 e. The van der Waals surface area contributed by atoms with Crippen molar-refractivity contribution in [3.8, 4) is 0 Å². The Balaban J connectivity index is 2.28. The molecule has 0 atom stereocenters. The van der Waals surface area contributed by atoms with Crippen LogP contribution >= 0.6 is 0 Å². The highest BCUT2D eigenvalue weighted by atomic mass is 15.2. The Bertz CT molecular complexity index is 399. The lowest BCUT2D eigenvalue weighted by atomic mass is 10.1. The Labute approximate surface area is 116 Å². The lowest BCUT2D eigenvalue weighted by Crippen LogP contribution is -2.31. The van der Waals surface area contributed by atoms with Gasteiger partial charge in [-0.15, -0.1) is 0 Å². The van der Waals surface area contributed by atoms with Gasteiger partial charge in [0.2, 0.25) is 0 Å². The van der Waals surface area contributed by atoms with Gasteiger partial charge in [-0.3, -0.25) is 0 Å². The first-order chi connectivity index (χ1) is 9.27. The predicted molar refractivity (Wildman–Crippen MR) is 80.8 cm³/mol. The van der Waals surface area contributed by atoms with Crippen LogP contribution in [0.5, 0.6) is 0 Å². The van der Waals surface area contributed by atoms with Gasteiger partial charge in [0.25, 0.3) is 0 Å². The van der Waals surface area contributed by atoms with Gasteiger partial charge >= 0.3 is 0 Å². The van der Waals surface area contributed by atoms with Crippen molar-refractivity contribution < 1.29 is 0 Å². The fourth-order valence-corrected chi connectivity index (χ4v) is 2.97. The van der Waals surface area contributed by atoms with Crippen LogP contribution in [0.15, 0.2) is 6.33 Å². The minimum atomic E-state index is 0.653. The van der Waals surface area contributed by atoms with E-state index in [2.05, 4.69) is 41.1 Å². The third-order valence-corrected chi connectivity index (χ3v) is 3.97. The maximum absolute atomic E-state index is 4.56. The Morgan fingerprint density at radius 2 is 2.00 bits per heavy atom. The van der Waals surface area contributed by atoms with Crippen LogP contribution in [0.25, 0.3) is 0 Å². The highest BCUT2D eigenvalue weighted by molar-refractivity contribution is 5.59. The van der Waals surface area contributed by atoms with Crippen LogP contribution in [-0.4, -0.2) is 29.6 Å². The molecule has 0 amide bonds. The van der Waals surface area contributed by atoms with Crippen molar-refractivity contribution >= 4 is 11.6 Å². The van der Waals surface area contributed by atoms with Crippen LogP contribution in [0.1, 0.15) is 51.5 Å². The largest absolute Gasteiger partial charge is 0.370 e. The fraction of sp³-hybridized carbons (Fsp3) is 0.733. The highest BCUT2D eigenvalue weighted by Gasteiger charge is 2.23. The van der Waals surface area contributed by atoms with Gasteiger partial charge in [0.1, 0.15) is 18.0 Å². The summed E-state index contributed by atoms with van der Waals surface area (Å²) in [6.07, 6.45) is 9.14. The van der Waals surface area contributed by atoms with Crippen LogP contribution in [0.2, 0.25) is 0 Å². The van der Waals surface area contributed by atoms with Crippen molar-refractivity contribution in [2.75, 3.05) is 23.8 Å². The molecule has 0 unspecified atom stereocenters. The smallest absolute Gasteiger partial charge is 0.137 e. The molecule has 2 rings (SSSR count). The topological polar surface area (TPSA) is 41.1 Å². The monoisotopic (exact) mass is 262 g/mol. The summed E-state index contributed by atoms with van der Waals surface area (Å²) < 4.78 is 0. The molecule has 4 heteroatoms. The van der Waals surface area contributed by atoms with Crippen LogP contribution in [0, 0.1) is 0 Å². The van der Waals surface area contributed by atoms with Gasteiger partial charge in [-0.05, 0) is 26.2 Å². The highest BCUT2D eigenvalue weighted by Crippen LogP contribution is 2.30. The van der Waals surface area contributed by atoms with E-state index in [9.17, 15) is 0 Å². The molecule has 4 nitrogen and oxygen atoms in total. The van der Waals surface area contributed by atoms with E-state index >= 15 is 0 Å². The van der Waals surface area contributed by atoms with Crippen molar-refractivity contribution in [2.45, 2.75) is 58.4 Å². The number of anilines is 2. The van der Waals surface area contributed by atoms with E-state index in [1.165, 1.54) is 31.2 Å². The zero-order valence-electron chi connectivity index (χ0n) is 12.4. The Morgan fingerprint density at radius 3 is 2.63 bits per heavy atom. The van der Waals surface area contributed by atoms with E-state index in [1.807, 2.05) is 0 Å². The number of hydrogen-bond acceptors (Lipinski definition) is 4. The minimum Gasteiger partial charge on any atom is -0.370 e. The zero-order chi connectivity index (χ0) is 13.7.